The molecule has 0 unspecified atom stereocenters. The lowest BCUT2D eigenvalue weighted by Gasteiger charge is -2.20. The van der Waals surface area contributed by atoms with Gasteiger partial charge in [-0.05, 0) is 40.9 Å². The molecule has 2 heterocycles. The van der Waals surface area contributed by atoms with Crippen LogP contribution in [0.1, 0.15) is 23.3 Å². The minimum atomic E-state index is -0.951. The number of hydrogen-bond donors (Lipinski definition) is 1. The predicted molar refractivity (Wildman–Crippen MR) is 63.6 cm³/mol. The third-order valence-corrected chi connectivity index (χ3v) is 3.21. The van der Waals surface area contributed by atoms with Gasteiger partial charge in [0, 0.05) is 17.2 Å². The molecule has 0 bridgehead atoms. The van der Waals surface area contributed by atoms with Crippen molar-refractivity contribution in [3.05, 3.63) is 28.5 Å². The van der Waals surface area contributed by atoms with E-state index >= 15 is 0 Å². The molecule has 1 fully saturated rings. The number of carbonyl (C=O) groups is 2. The van der Waals surface area contributed by atoms with Gasteiger partial charge in [-0.25, -0.2) is 9.78 Å². The van der Waals surface area contributed by atoms with E-state index in [0.717, 1.165) is 10.9 Å². The number of rotatable bonds is 2. The lowest BCUT2D eigenvalue weighted by molar-refractivity contribution is -0.141. The van der Waals surface area contributed by atoms with E-state index in [1.165, 1.54) is 11.1 Å². The average molecular weight is 299 g/mol. The summed E-state index contributed by atoms with van der Waals surface area (Å²) < 4.78 is 0.783. The number of aromatic nitrogens is 1. The fourth-order valence-corrected chi connectivity index (χ4v) is 2.15. The van der Waals surface area contributed by atoms with Crippen LogP contribution >= 0.6 is 15.9 Å². The van der Waals surface area contributed by atoms with E-state index in [1.54, 1.807) is 12.1 Å². The molecule has 0 radical (unpaired) electrons. The van der Waals surface area contributed by atoms with Gasteiger partial charge in [0.15, 0.2) is 0 Å². The summed E-state index contributed by atoms with van der Waals surface area (Å²) in [7, 11) is 0. The molecule has 1 N–H and O–H groups in total. The van der Waals surface area contributed by atoms with Crippen molar-refractivity contribution in [1.82, 2.24) is 9.88 Å². The molecule has 5 nitrogen and oxygen atoms in total. The van der Waals surface area contributed by atoms with Crippen LogP contribution in [0, 0.1) is 0 Å². The molecule has 1 aromatic rings. The van der Waals surface area contributed by atoms with Crippen LogP contribution < -0.4 is 0 Å². The van der Waals surface area contributed by atoms with Crippen molar-refractivity contribution < 1.29 is 14.7 Å². The van der Waals surface area contributed by atoms with Crippen molar-refractivity contribution >= 4 is 27.8 Å². The van der Waals surface area contributed by atoms with Crippen LogP contribution in [0.2, 0.25) is 0 Å². The highest BCUT2D eigenvalue weighted by Crippen LogP contribution is 2.20. The number of aliphatic carboxylic acids is 1. The zero-order valence-corrected chi connectivity index (χ0v) is 10.6. The highest BCUT2D eigenvalue weighted by atomic mass is 79.9. The Morgan fingerprint density at radius 2 is 2.24 bits per heavy atom. The van der Waals surface area contributed by atoms with Gasteiger partial charge in [0.1, 0.15) is 11.7 Å². The van der Waals surface area contributed by atoms with Crippen LogP contribution in [0.25, 0.3) is 0 Å². The number of nitrogens with zero attached hydrogens (tertiary/aromatic N) is 2. The number of amides is 1. The summed E-state index contributed by atoms with van der Waals surface area (Å²) in [5.41, 5.74) is 0.279. The standard InChI is InChI=1S/C11H11BrN2O3/c12-7-3-4-8(13-6-7)10(15)14-5-1-2-9(14)11(16)17/h3-4,6,9H,1-2,5H2,(H,16,17)/t9-/m1/s1. The van der Waals surface area contributed by atoms with Crippen molar-refractivity contribution in [1.29, 1.82) is 0 Å². The van der Waals surface area contributed by atoms with Crippen LogP contribution in [0.15, 0.2) is 22.8 Å². The quantitative estimate of drug-likeness (QED) is 0.899. The van der Waals surface area contributed by atoms with E-state index < -0.39 is 12.0 Å². The molecule has 0 aliphatic carbocycles. The van der Waals surface area contributed by atoms with Gasteiger partial charge < -0.3 is 10.0 Å². The van der Waals surface area contributed by atoms with Gasteiger partial charge in [-0.2, -0.15) is 0 Å². The first kappa shape index (κ1) is 12.0. The van der Waals surface area contributed by atoms with Crippen LogP contribution in [-0.4, -0.2) is 39.5 Å². The van der Waals surface area contributed by atoms with E-state index in [2.05, 4.69) is 20.9 Å². The maximum atomic E-state index is 12.1. The molecule has 6 heteroatoms. The van der Waals surface area contributed by atoms with Crippen molar-refractivity contribution in [3.8, 4) is 0 Å². The zero-order chi connectivity index (χ0) is 12.4. The topological polar surface area (TPSA) is 70.5 Å². The lowest BCUT2D eigenvalue weighted by atomic mass is 10.2. The van der Waals surface area contributed by atoms with Gasteiger partial charge in [0.2, 0.25) is 0 Å². The first-order valence-corrected chi connectivity index (χ1v) is 6.04. The monoisotopic (exact) mass is 298 g/mol. The van der Waals surface area contributed by atoms with E-state index in [-0.39, 0.29) is 11.6 Å². The normalized spacial score (nSPS) is 19.4. The molecule has 1 aliphatic rings. The number of likely N-dealkylation sites (tertiary alicyclic amines) is 1. The minimum Gasteiger partial charge on any atom is -0.480 e. The van der Waals surface area contributed by atoms with Gasteiger partial charge in [-0.3, -0.25) is 4.79 Å². The van der Waals surface area contributed by atoms with Gasteiger partial charge in [-0.15, -0.1) is 0 Å². The summed E-state index contributed by atoms with van der Waals surface area (Å²) in [4.78, 5) is 28.4. The van der Waals surface area contributed by atoms with Crippen molar-refractivity contribution in [2.24, 2.45) is 0 Å². The molecule has 1 amide bonds. The number of hydrogen-bond acceptors (Lipinski definition) is 3. The number of carboxylic acids is 1. The third kappa shape index (κ3) is 2.46. The summed E-state index contributed by atoms with van der Waals surface area (Å²) in [6, 6.07) is 2.59. The first-order valence-electron chi connectivity index (χ1n) is 5.25. The first-order chi connectivity index (χ1) is 8.09. The Morgan fingerprint density at radius 1 is 1.47 bits per heavy atom. The molecule has 2 rings (SSSR count). The third-order valence-electron chi connectivity index (χ3n) is 2.75. The van der Waals surface area contributed by atoms with Crippen LogP contribution in [0.3, 0.4) is 0 Å². The number of pyridine rings is 1. The second kappa shape index (κ2) is 4.83. The maximum absolute atomic E-state index is 12.1. The fraction of sp³-hybridized carbons (Fsp3) is 0.364. The predicted octanol–water partition coefficient (Wildman–Crippen LogP) is 1.53. The molecule has 0 spiro atoms. The Hall–Kier alpha value is -1.43. The zero-order valence-electron chi connectivity index (χ0n) is 8.97. The molecule has 90 valence electrons. The summed E-state index contributed by atoms with van der Waals surface area (Å²) in [6.07, 6.45) is 2.76. The van der Waals surface area contributed by atoms with E-state index in [4.69, 9.17) is 5.11 Å². The maximum Gasteiger partial charge on any atom is 0.326 e. The highest BCUT2D eigenvalue weighted by Gasteiger charge is 2.34. The summed E-state index contributed by atoms with van der Waals surface area (Å²) in [6.45, 7) is 0.480. The Bertz CT molecular complexity index is 447. The molecule has 1 aliphatic heterocycles. The van der Waals surface area contributed by atoms with Crippen molar-refractivity contribution in [2.45, 2.75) is 18.9 Å². The second-order valence-electron chi connectivity index (χ2n) is 3.86. The van der Waals surface area contributed by atoms with Crippen LogP contribution in [0.5, 0.6) is 0 Å². The lowest BCUT2D eigenvalue weighted by Crippen LogP contribution is -2.40. The van der Waals surface area contributed by atoms with Gasteiger partial charge >= 0.3 is 5.97 Å². The minimum absolute atomic E-state index is 0.279. The molecule has 0 aromatic carbocycles. The van der Waals surface area contributed by atoms with Crippen molar-refractivity contribution in [3.63, 3.8) is 0 Å². The summed E-state index contributed by atoms with van der Waals surface area (Å²) >= 11 is 3.23. The Morgan fingerprint density at radius 3 is 2.82 bits per heavy atom. The molecular weight excluding hydrogens is 288 g/mol. The van der Waals surface area contributed by atoms with Crippen LogP contribution in [0.4, 0.5) is 0 Å². The Labute approximate surface area is 107 Å². The molecule has 0 saturated carbocycles. The highest BCUT2D eigenvalue weighted by molar-refractivity contribution is 9.10. The van der Waals surface area contributed by atoms with E-state index in [1.807, 2.05) is 0 Å². The van der Waals surface area contributed by atoms with Gasteiger partial charge in [0.25, 0.3) is 5.91 Å². The van der Waals surface area contributed by atoms with Gasteiger partial charge in [-0.1, -0.05) is 0 Å². The Kier molecular flexibility index (Phi) is 3.42. The number of carboxylic acid groups (broad SMARTS) is 1. The molecule has 17 heavy (non-hydrogen) atoms. The summed E-state index contributed by atoms with van der Waals surface area (Å²) in [5.74, 6) is -1.27. The largest absolute Gasteiger partial charge is 0.480 e. The van der Waals surface area contributed by atoms with Crippen LogP contribution in [-0.2, 0) is 4.79 Å². The molecule has 1 atom stereocenters. The molecule has 1 aromatic heterocycles. The van der Waals surface area contributed by atoms with E-state index in [0.29, 0.717) is 13.0 Å². The molecular formula is C11H11BrN2O3. The van der Waals surface area contributed by atoms with Crippen molar-refractivity contribution in [2.75, 3.05) is 6.54 Å². The van der Waals surface area contributed by atoms with Gasteiger partial charge in [0.05, 0.1) is 0 Å². The van der Waals surface area contributed by atoms with E-state index in [9.17, 15) is 9.59 Å². The fourth-order valence-electron chi connectivity index (χ4n) is 1.92. The molecule has 1 saturated heterocycles. The number of carbonyl (C=O) groups excluding carboxylic acids is 1. The number of halogens is 1. The SMILES string of the molecule is O=C(O)[C@H]1CCCN1C(=O)c1ccc(Br)cn1. The smallest absolute Gasteiger partial charge is 0.326 e. The second-order valence-corrected chi connectivity index (χ2v) is 4.77. The average Bonchev–Trinajstić information content (AvgIpc) is 2.78. The Balaban J connectivity index is 2.19. The summed E-state index contributed by atoms with van der Waals surface area (Å²) in [5, 5.41) is 9.00.